The Hall–Kier alpha value is -4.45. The van der Waals surface area contributed by atoms with Crippen LogP contribution < -0.4 is 10.1 Å². The van der Waals surface area contributed by atoms with Gasteiger partial charge in [-0.2, -0.15) is 5.10 Å². The highest BCUT2D eigenvalue weighted by Crippen LogP contribution is 2.31. The van der Waals surface area contributed by atoms with Crippen molar-refractivity contribution in [1.29, 1.82) is 0 Å². The van der Waals surface area contributed by atoms with Crippen LogP contribution in [0.15, 0.2) is 91.0 Å². The van der Waals surface area contributed by atoms with Gasteiger partial charge >= 0.3 is 0 Å². The first-order valence-electron chi connectivity index (χ1n) is 10.6. The van der Waals surface area contributed by atoms with Gasteiger partial charge in [0, 0.05) is 17.7 Å². The van der Waals surface area contributed by atoms with Gasteiger partial charge in [0.1, 0.15) is 5.75 Å². The van der Waals surface area contributed by atoms with Crippen molar-refractivity contribution in [2.75, 3.05) is 7.11 Å². The third kappa shape index (κ3) is 4.19. The maximum absolute atomic E-state index is 13.4. The topological polar surface area (TPSA) is 79.9 Å². The number of hydrogen-bond acceptors (Lipinski definition) is 4. The molecule has 0 saturated carbocycles. The summed E-state index contributed by atoms with van der Waals surface area (Å²) in [5.41, 5.74) is 5.30. The van der Waals surface area contributed by atoms with Gasteiger partial charge in [-0.05, 0) is 35.9 Å². The number of methoxy groups -OCH3 is 1. The van der Waals surface area contributed by atoms with E-state index in [1.165, 1.54) is 0 Å². The number of carbonyl (C=O) groups is 1. The number of hydrogen-bond donors (Lipinski definition) is 2. The standard InChI is InChI=1S/C27H22N4O2/c1-33-21-14-12-19(13-15-21)23-16-22(27(32)28-17-18-8-4-2-5-9-18)24-25(30-31-26(24)29-23)20-10-6-3-7-11-20/h2-16H,17H2,1H3,(H,28,32)(H,29,30,31). The van der Waals surface area contributed by atoms with Crippen molar-refractivity contribution in [1.82, 2.24) is 20.5 Å². The molecule has 5 aromatic rings. The van der Waals surface area contributed by atoms with E-state index in [0.29, 0.717) is 28.8 Å². The number of ether oxygens (including phenoxy) is 1. The molecule has 0 atom stereocenters. The zero-order valence-electron chi connectivity index (χ0n) is 18.1. The van der Waals surface area contributed by atoms with Crippen LogP contribution in [0.1, 0.15) is 15.9 Å². The van der Waals surface area contributed by atoms with E-state index in [1.807, 2.05) is 91.0 Å². The molecular weight excluding hydrogens is 412 g/mol. The molecule has 2 N–H and O–H groups in total. The van der Waals surface area contributed by atoms with Crippen molar-refractivity contribution in [3.63, 3.8) is 0 Å². The van der Waals surface area contributed by atoms with Gasteiger partial charge in [-0.25, -0.2) is 4.98 Å². The largest absolute Gasteiger partial charge is 0.497 e. The lowest BCUT2D eigenvalue weighted by atomic mass is 10.0. The Kier molecular flexibility index (Phi) is 5.55. The Bertz CT molecular complexity index is 1400. The lowest BCUT2D eigenvalue weighted by molar-refractivity contribution is 0.0952. The number of aromatic nitrogens is 3. The maximum Gasteiger partial charge on any atom is 0.252 e. The van der Waals surface area contributed by atoms with Crippen LogP contribution in [0.4, 0.5) is 0 Å². The van der Waals surface area contributed by atoms with E-state index in [-0.39, 0.29) is 5.91 Å². The zero-order chi connectivity index (χ0) is 22.6. The van der Waals surface area contributed by atoms with Gasteiger partial charge in [0.15, 0.2) is 5.65 Å². The molecule has 0 saturated heterocycles. The normalized spacial score (nSPS) is 10.8. The first-order valence-corrected chi connectivity index (χ1v) is 10.6. The van der Waals surface area contributed by atoms with E-state index in [4.69, 9.17) is 9.72 Å². The summed E-state index contributed by atoms with van der Waals surface area (Å²) in [4.78, 5) is 18.1. The average molecular weight is 434 g/mol. The number of amides is 1. The SMILES string of the molecule is COc1ccc(-c2cc(C(=O)NCc3ccccc3)c3c(-c4ccccc4)[nH]nc3n2)cc1. The number of fused-ring (bicyclic) bond motifs is 1. The second-order valence-corrected chi connectivity index (χ2v) is 7.62. The summed E-state index contributed by atoms with van der Waals surface area (Å²) < 4.78 is 5.26. The summed E-state index contributed by atoms with van der Waals surface area (Å²) in [7, 11) is 1.63. The van der Waals surface area contributed by atoms with Crippen molar-refractivity contribution in [3.05, 3.63) is 102 Å². The molecule has 6 heteroatoms. The van der Waals surface area contributed by atoms with Crippen LogP contribution in [0.3, 0.4) is 0 Å². The van der Waals surface area contributed by atoms with Gasteiger partial charge in [0.2, 0.25) is 0 Å². The molecule has 0 aliphatic heterocycles. The molecule has 0 bridgehead atoms. The van der Waals surface area contributed by atoms with Crippen molar-refractivity contribution in [2.24, 2.45) is 0 Å². The molecule has 33 heavy (non-hydrogen) atoms. The molecule has 0 fully saturated rings. The van der Waals surface area contributed by atoms with Crippen LogP contribution in [0.5, 0.6) is 5.75 Å². The zero-order valence-corrected chi connectivity index (χ0v) is 18.1. The summed E-state index contributed by atoms with van der Waals surface area (Å²) in [5.74, 6) is 0.575. The number of pyridine rings is 1. The Labute approximate surface area is 191 Å². The lowest BCUT2D eigenvalue weighted by Gasteiger charge is -2.10. The third-order valence-corrected chi connectivity index (χ3v) is 5.51. The Morgan fingerprint density at radius 2 is 1.61 bits per heavy atom. The Balaban J connectivity index is 1.60. The smallest absolute Gasteiger partial charge is 0.252 e. The monoisotopic (exact) mass is 434 g/mol. The highest BCUT2D eigenvalue weighted by molar-refractivity contribution is 6.10. The van der Waals surface area contributed by atoms with Crippen LogP contribution >= 0.6 is 0 Å². The van der Waals surface area contributed by atoms with E-state index >= 15 is 0 Å². The van der Waals surface area contributed by atoms with E-state index in [0.717, 1.165) is 28.1 Å². The number of rotatable bonds is 6. The second kappa shape index (κ2) is 8.96. The van der Waals surface area contributed by atoms with Crippen LogP contribution in [-0.2, 0) is 6.54 Å². The van der Waals surface area contributed by atoms with Crippen LogP contribution in [0.2, 0.25) is 0 Å². The molecule has 0 aliphatic rings. The van der Waals surface area contributed by atoms with Gasteiger partial charge in [0.05, 0.1) is 29.4 Å². The van der Waals surface area contributed by atoms with Crippen molar-refractivity contribution >= 4 is 16.9 Å². The quantitative estimate of drug-likeness (QED) is 0.383. The van der Waals surface area contributed by atoms with Crippen molar-refractivity contribution in [3.8, 4) is 28.3 Å². The molecule has 2 aromatic heterocycles. The van der Waals surface area contributed by atoms with Gasteiger partial charge in [-0.3, -0.25) is 9.89 Å². The molecule has 0 aliphatic carbocycles. The minimum absolute atomic E-state index is 0.181. The summed E-state index contributed by atoms with van der Waals surface area (Å²) in [6.07, 6.45) is 0. The van der Waals surface area contributed by atoms with E-state index in [9.17, 15) is 4.79 Å². The first kappa shape index (κ1) is 20.5. The first-order chi connectivity index (χ1) is 16.2. The van der Waals surface area contributed by atoms with E-state index in [2.05, 4.69) is 15.5 Å². The van der Waals surface area contributed by atoms with Gasteiger partial charge in [0.25, 0.3) is 5.91 Å². The highest BCUT2D eigenvalue weighted by Gasteiger charge is 2.20. The number of H-pyrrole nitrogens is 1. The molecular formula is C27H22N4O2. The second-order valence-electron chi connectivity index (χ2n) is 7.62. The fraction of sp³-hybridized carbons (Fsp3) is 0.0741. The van der Waals surface area contributed by atoms with E-state index < -0.39 is 0 Å². The molecule has 6 nitrogen and oxygen atoms in total. The van der Waals surface area contributed by atoms with E-state index in [1.54, 1.807) is 7.11 Å². The number of carbonyl (C=O) groups excluding carboxylic acids is 1. The Morgan fingerprint density at radius 1 is 0.909 bits per heavy atom. The third-order valence-electron chi connectivity index (χ3n) is 5.51. The van der Waals surface area contributed by atoms with Gasteiger partial charge in [-0.15, -0.1) is 0 Å². The number of aromatic amines is 1. The summed E-state index contributed by atoms with van der Waals surface area (Å²) >= 11 is 0. The van der Waals surface area contributed by atoms with Crippen LogP contribution in [0.25, 0.3) is 33.5 Å². The molecule has 5 rings (SSSR count). The average Bonchev–Trinajstić information content (AvgIpc) is 3.32. The summed E-state index contributed by atoms with van der Waals surface area (Å²) in [5, 5.41) is 11.3. The molecule has 0 unspecified atom stereocenters. The van der Waals surface area contributed by atoms with Crippen LogP contribution in [0, 0.1) is 0 Å². The predicted molar refractivity (Wildman–Crippen MR) is 129 cm³/mol. The number of nitrogens with zero attached hydrogens (tertiary/aromatic N) is 2. The molecule has 2 heterocycles. The maximum atomic E-state index is 13.4. The molecule has 0 spiro atoms. The minimum atomic E-state index is -0.181. The summed E-state index contributed by atoms with van der Waals surface area (Å²) in [6, 6.07) is 29.1. The predicted octanol–water partition coefficient (Wildman–Crippen LogP) is 5.23. The molecule has 1 amide bonds. The minimum Gasteiger partial charge on any atom is -0.497 e. The summed E-state index contributed by atoms with van der Waals surface area (Å²) in [6.45, 7) is 0.430. The van der Waals surface area contributed by atoms with Gasteiger partial charge in [-0.1, -0.05) is 60.7 Å². The van der Waals surface area contributed by atoms with Crippen molar-refractivity contribution < 1.29 is 9.53 Å². The molecule has 3 aromatic carbocycles. The number of benzene rings is 3. The molecule has 162 valence electrons. The fourth-order valence-corrected chi connectivity index (χ4v) is 3.80. The highest BCUT2D eigenvalue weighted by atomic mass is 16.5. The number of nitrogens with one attached hydrogen (secondary N) is 2. The lowest BCUT2D eigenvalue weighted by Crippen LogP contribution is -2.23. The van der Waals surface area contributed by atoms with Gasteiger partial charge < -0.3 is 10.1 Å². The van der Waals surface area contributed by atoms with Crippen LogP contribution in [-0.4, -0.2) is 28.2 Å². The molecule has 0 radical (unpaired) electrons. The van der Waals surface area contributed by atoms with Crippen molar-refractivity contribution in [2.45, 2.75) is 6.54 Å². The Morgan fingerprint density at radius 3 is 2.30 bits per heavy atom. The fourth-order valence-electron chi connectivity index (χ4n) is 3.80.